The van der Waals surface area contributed by atoms with E-state index in [1.807, 2.05) is 17.8 Å². The number of nitrogen functional groups attached to an aromatic ring is 1. The lowest BCUT2D eigenvalue weighted by Gasteiger charge is -2.22. The topological polar surface area (TPSA) is 68.0 Å². The van der Waals surface area contributed by atoms with Gasteiger partial charge >= 0.3 is 0 Å². The van der Waals surface area contributed by atoms with Crippen molar-refractivity contribution < 1.29 is 4.79 Å². The largest absolute Gasteiger partial charge is 0.384 e. The molecule has 1 fully saturated rings. The van der Waals surface area contributed by atoms with Crippen LogP contribution in [0.2, 0.25) is 0 Å². The minimum Gasteiger partial charge on any atom is -0.384 e. The molecule has 1 unspecified atom stereocenters. The second-order valence-corrected chi connectivity index (χ2v) is 8.02. The fourth-order valence-electron chi connectivity index (χ4n) is 2.34. The number of nitrogens with one attached hydrogen (secondary N) is 1. The summed E-state index contributed by atoms with van der Waals surface area (Å²) in [6, 6.07) is 3.50. The number of aromatic nitrogens is 1. The molecule has 0 radical (unpaired) electrons. The lowest BCUT2D eigenvalue weighted by molar-refractivity contribution is 0.0953. The van der Waals surface area contributed by atoms with Crippen molar-refractivity contribution in [2.45, 2.75) is 50.7 Å². The van der Waals surface area contributed by atoms with Crippen molar-refractivity contribution in [2.75, 3.05) is 18.0 Å². The molecule has 2 heterocycles. The number of hydrogen-bond donors (Lipinski definition) is 2. The molecule has 116 valence electrons. The Labute approximate surface area is 131 Å². The SMILES string of the molecule is CC(C)(C)c1cc(C(=O)NCC2CCCCS2)cc(N)n1. The van der Waals surface area contributed by atoms with Crippen LogP contribution in [0.5, 0.6) is 0 Å². The van der Waals surface area contributed by atoms with Crippen LogP contribution in [0, 0.1) is 0 Å². The first-order valence-corrected chi connectivity index (χ1v) is 8.59. The van der Waals surface area contributed by atoms with Gasteiger partial charge in [-0.2, -0.15) is 11.8 Å². The first kappa shape index (κ1) is 16.1. The fraction of sp³-hybridized carbons (Fsp3) is 0.625. The maximum absolute atomic E-state index is 12.3. The molecule has 1 aromatic rings. The highest BCUT2D eigenvalue weighted by molar-refractivity contribution is 7.99. The molecule has 1 saturated heterocycles. The van der Waals surface area contributed by atoms with Gasteiger partial charge in [0.2, 0.25) is 0 Å². The van der Waals surface area contributed by atoms with E-state index < -0.39 is 0 Å². The van der Waals surface area contributed by atoms with Crippen LogP contribution in [0.3, 0.4) is 0 Å². The monoisotopic (exact) mass is 307 g/mol. The third kappa shape index (κ3) is 4.63. The third-order valence-corrected chi connectivity index (χ3v) is 5.04. The smallest absolute Gasteiger partial charge is 0.251 e. The van der Waals surface area contributed by atoms with Gasteiger partial charge in [-0.15, -0.1) is 0 Å². The normalized spacial score (nSPS) is 19.3. The molecule has 1 atom stereocenters. The Morgan fingerprint density at radius 3 is 2.81 bits per heavy atom. The minimum absolute atomic E-state index is 0.0548. The van der Waals surface area contributed by atoms with Crippen molar-refractivity contribution in [3.63, 3.8) is 0 Å². The highest BCUT2D eigenvalue weighted by Crippen LogP contribution is 2.25. The number of pyridine rings is 1. The molecule has 1 aliphatic rings. The second-order valence-electron chi connectivity index (χ2n) is 6.61. The Morgan fingerprint density at radius 2 is 2.19 bits per heavy atom. The van der Waals surface area contributed by atoms with E-state index in [0.29, 0.717) is 16.6 Å². The highest BCUT2D eigenvalue weighted by atomic mass is 32.2. The first-order valence-electron chi connectivity index (χ1n) is 7.54. The molecule has 3 N–H and O–H groups in total. The predicted molar refractivity (Wildman–Crippen MR) is 89.8 cm³/mol. The number of amides is 1. The molecule has 5 heteroatoms. The second kappa shape index (κ2) is 6.69. The van der Waals surface area contributed by atoms with E-state index in [9.17, 15) is 4.79 Å². The maximum Gasteiger partial charge on any atom is 0.251 e. The molecule has 0 spiro atoms. The van der Waals surface area contributed by atoms with E-state index in [1.165, 1.54) is 25.0 Å². The van der Waals surface area contributed by atoms with Gasteiger partial charge in [0.05, 0.1) is 0 Å². The number of anilines is 1. The van der Waals surface area contributed by atoms with E-state index >= 15 is 0 Å². The van der Waals surface area contributed by atoms with Gasteiger partial charge in [-0.05, 0) is 30.7 Å². The van der Waals surface area contributed by atoms with Gasteiger partial charge < -0.3 is 11.1 Å². The zero-order chi connectivity index (χ0) is 15.5. The summed E-state index contributed by atoms with van der Waals surface area (Å²) in [5, 5.41) is 3.58. The molecule has 1 aromatic heterocycles. The summed E-state index contributed by atoms with van der Waals surface area (Å²) >= 11 is 1.96. The van der Waals surface area contributed by atoms with Gasteiger partial charge in [-0.3, -0.25) is 4.79 Å². The van der Waals surface area contributed by atoms with E-state index in [0.717, 1.165) is 12.2 Å². The highest BCUT2D eigenvalue weighted by Gasteiger charge is 2.20. The lowest BCUT2D eigenvalue weighted by atomic mass is 9.90. The van der Waals surface area contributed by atoms with Crippen molar-refractivity contribution in [2.24, 2.45) is 0 Å². The maximum atomic E-state index is 12.3. The van der Waals surface area contributed by atoms with Gasteiger partial charge in [0.15, 0.2) is 0 Å². The van der Waals surface area contributed by atoms with Crippen LogP contribution in [-0.2, 0) is 5.41 Å². The molecule has 4 nitrogen and oxygen atoms in total. The van der Waals surface area contributed by atoms with E-state index in [4.69, 9.17) is 5.73 Å². The van der Waals surface area contributed by atoms with Crippen LogP contribution in [0.1, 0.15) is 56.1 Å². The molecule has 0 bridgehead atoms. The van der Waals surface area contributed by atoms with Gasteiger partial charge in [0.1, 0.15) is 5.82 Å². The average Bonchev–Trinajstić information content (AvgIpc) is 2.44. The average molecular weight is 307 g/mol. The van der Waals surface area contributed by atoms with E-state index in [2.05, 4.69) is 31.1 Å². The minimum atomic E-state index is -0.121. The van der Waals surface area contributed by atoms with E-state index in [-0.39, 0.29) is 11.3 Å². The summed E-state index contributed by atoms with van der Waals surface area (Å²) in [4.78, 5) is 16.6. The van der Waals surface area contributed by atoms with Gasteiger partial charge in [-0.25, -0.2) is 4.98 Å². The quantitative estimate of drug-likeness (QED) is 0.901. The molecular weight excluding hydrogens is 282 g/mol. The Kier molecular flexibility index (Phi) is 5.14. The number of nitrogens with zero attached hydrogens (tertiary/aromatic N) is 1. The number of carbonyl (C=O) groups is 1. The first-order chi connectivity index (χ1) is 9.86. The van der Waals surface area contributed by atoms with Crippen LogP contribution < -0.4 is 11.1 Å². The molecular formula is C16H25N3OS. The zero-order valence-corrected chi connectivity index (χ0v) is 13.9. The summed E-state index contributed by atoms with van der Waals surface area (Å²) in [5.74, 6) is 1.55. The molecule has 0 saturated carbocycles. The van der Waals surface area contributed by atoms with Crippen molar-refractivity contribution in [3.8, 4) is 0 Å². The van der Waals surface area contributed by atoms with Crippen LogP contribution >= 0.6 is 11.8 Å². The standard InChI is InChI=1S/C16H25N3OS/c1-16(2,3)13-8-11(9-14(17)19-13)15(20)18-10-12-6-4-5-7-21-12/h8-9,12H,4-7,10H2,1-3H3,(H2,17,19)(H,18,20). The fourth-order valence-corrected chi connectivity index (χ4v) is 3.58. The Morgan fingerprint density at radius 1 is 1.43 bits per heavy atom. The molecule has 1 amide bonds. The summed E-state index contributed by atoms with van der Waals surface area (Å²) < 4.78 is 0. The third-order valence-electron chi connectivity index (χ3n) is 3.64. The van der Waals surface area contributed by atoms with E-state index in [1.54, 1.807) is 6.07 Å². The summed E-state index contributed by atoms with van der Waals surface area (Å²) in [5.41, 5.74) is 7.17. The van der Waals surface area contributed by atoms with Crippen LogP contribution in [0.4, 0.5) is 5.82 Å². The number of thioether (sulfide) groups is 1. The van der Waals surface area contributed by atoms with Crippen LogP contribution in [0.15, 0.2) is 12.1 Å². The zero-order valence-electron chi connectivity index (χ0n) is 13.1. The summed E-state index contributed by atoms with van der Waals surface area (Å²) in [6.07, 6.45) is 3.76. The van der Waals surface area contributed by atoms with Crippen molar-refractivity contribution >= 4 is 23.5 Å². The number of hydrogen-bond acceptors (Lipinski definition) is 4. The Balaban J connectivity index is 2.03. The summed E-state index contributed by atoms with van der Waals surface area (Å²) in [6.45, 7) is 6.93. The van der Waals surface area contributed by atoms with Crippen LogP contribution in [-0.4, -0.2) is 28.4 Å². The molecule has 0 aliphatic carbocycles. The van der Waals surface area contributed by atoms with Gasteiger partial charge in [-0.1, -0.05) is 27.2 Å². The lowest BCUT2D eigenvalue weighted by Crippen LogP contribution is -2.32. The van der Waals surface area contributed by atoms with Gasteiger partial charge in [0, 0.05) is 28.5 Å². The predicted octanol–water partition coefficient (Wildman–Crippen LogP) is 2.98. The van der Waals surface area contributed by atoms with Crippen molar-refractivity contribution in [3.05, 3.63) is 23.4 Å². The number of rotatable bonds is 3. The number of nitrogens with two attached hydrogens (primary N) is 1. The molecule has 21 heavy (non-hydrogen) atoms. The van der Waals surface area contributed by atoms with Crippen molar-refractivity contribution in [1.29, 1.82) is 0 Å². The Hall–Kier alpha value is -1.23. The number of carbonyl (C=O) groups excluding carboxylic acids is 1. The van der Waals surface area contributed by atoms with Gasteiger partial charge in [0.25, 0.3) is 5.91 Å². The summed E-state index contributed by atoms with van der Waals surface area (Å²) in [7, 11) is 0. The Bertz CT molecular complexity index is 505. The van der Waals surface area contributed by atoms with Crippen molar-refractivity contribution in [1.82, 2.24) is 10.3 Å². The molecule has 0 aromatic carbocycles. The molecule has 1 aliphatic heterocycles. The molecule has 2 rings (SSSR count). The van der Waals surface area contributed by atoms with Crippen LogP contribution in [0.25, 0.3) is 0 Å².